The third-order valence-corrected chi connectivity index (χ3v) is 6.56. The number of imidazole rings is 1. The van der Waals surface area contributed by atoms with Crippen molar-refractivity contribution in [3.63, 3.8) is 0 Å². The zero-order chi connectivity index (χ0) is 17.2. The molecular weight excluding hydrogens is 316 g/mol. The SMILES string of the molecule is CCc1nccn1[C@H]1CCCN(S(=O)(=O)[C@H](C)C(=O)N(C)C)C1. The van der Waals surface area contributed by atoms with E-state index in [1.54, 1.807) is 20.3 Å². The molecule has 2 atom stereocenters. The van der Waals surface area contributed by atoms with Gasteiger partial charge in [0.2, 0.25) is 15.9 Å². The van der Waals surface area contributed by atoms with Crippen LogP contribution < -0.4 is 0 Å². The second-order valence-electron chi connectivity index (χ2n) is 6.18. The van der Waals surface area contributed by atoms with E-state index in [1.807, 2.05) is 13.1 Å². The Morgan fingerprint density at radius 1 is 1.48 bits per heavy atom. The Morgan fingerprint density at radius 2 is 2.17 bits per heavy atom. The molecule has 2 heterocycles. The minimum absolute atomic E-state index is 0.0811. The fraction of sp³-hybridized carbons (Fsp3) is 0.733. The van der Waals surface area contributed by atoms with Crippen molar-refractivity contribution < 1.29 is 13.2 Å². The van der Waals surface area contributed by atoms with Crippen LogP contribution in [0.25, 0.3) is 0 Å². The Labute approximate surface area is 138 Å². The highest BCUT2D eigenvalue weighted by molar-refractivity contribution is 7.90. The first kappa shape index (κ1) is 17.9. The molecule has 0 radical (unpaired) electrons. The molecule has 0 unspecified atom stereocenters. The van der Waals surface area contributed by atoms with Gasteiger partial charge in [0.05, 0.1) is 0 Å². The van der Waals surface area contributed by atoms with Crippen molar-refractivity contribution in [1.29, 1.82) is 0 Å². The molecule has 0 N–H and O–H groups in total. The molecule has 1 aliphatic rings. The fourth-order valence-electron chi connectivity index (χ4n) is 3.04. The molecular formula is C15H26N4O3S. The smallest absolute Gasteiger partial charge is 0.241 e. The van der Waals surface area contributed by atoms with Gasteiger partial charge in [-0.3, -0.25) is 4.79 Å². The number of rotatable bonds is 5. The highest BCUT2D eigenvalue weighted by Crippen LogP contribution is 2.26. The third-order valence-electron chi connectivity index (χ3n) is 4.41. The summed E-state index contributed by atoms with van der Waals surface area (Å²) < 4.78 is 29.0. The van der Waals surface area contributed by atoms with E-state index in [-0.39, 0.29) is 11.9 Å². The van der Waals surface area contributed by atoms with Crippen molar-refractivity contribution in [3.05, 3.63) is 18.2 Å². The number of carbonyl (C=O) groups is 1. The monoisotopic (exact) mass is 342 g/mol. The topological polar surface area (TPSA) is 75.5 Å². The summed E-state index contributed by atoms with van der Waals surface area (Å²) >= 11 is 0. The summed E-state index contributed by atoms with van der Waals surface area (Å²) in [7, 11) is -0.490. The summed E-state index contributed by atoms with van der Waals surface area (Å²) in [6.45, 7) is 4.38. The van der Waals surface area contributed by atoms with E-state index in [9.17, 15) is 13.2 Å². The lowest BCUT2D eigenvalue weighted by Crippen LogP contribution is -2.48. The molecule has 1 aromatic rings. The average Bonchev–Trinajstić information content (AvgIpc) is 3.02. The second kappa shape index (κ2) is 7.00. The van der Waals surface area contributed by atoms with Crippen LogP contribution in [0.1, 0.15) is 38.6 Å². The molecule has 1 aromatic heterocycles. The zero-order valence-electron chi connectivity index (χ0n) is 14.3. The maximum absolute atomic E-state index is 12.8. The summed E-state index contributed by atoms with van der Waals surface area (Å²) in [6, 6.07) is 0.0811. The molecule has 7 nitrogen and oxygen atoms in total. The predicted octanol–water partition coefficient (Wildman–Crippen LogP) is 0.889. The van der Waals surface area contributed by atoms with Gasteiger partial charge in [-0.1, -0.05) is 6.92 Å². The van der Waals surface area contributed by atoms with Gasteiger partial charge in [-0.25, -0.2) is 13.4 Å². The van der Waals surface area contributed by atoms with Gasteiger partial charge >= 0.3 is 0 Å². The van der Waals surface area contributed by atoms with E-state index in [0.717, 1.165) is 25.1 Å². The highest BCUT2D eigenvalue weighted by atomic mass is 32.2. The maximum Gasteiger partial charge on any atom is 0.241 e. The van der Waals surface area contributed by atoms with Crippen LogP contribution in [0.5, 0.6) is 0 Å². The lowest BCUT2D eigenvalue weighted by atomic mass is 10.1. The molecule has 0 spiro atoms. The maximum atomic E-state index is 12.8. The Hall–Kier alpha value is -1.41. The third kappa shape index (κ3) is 3.58. The predicted molar refractivity (Wildman–Crippen MR) is 88.5 cm³/mol. The van der Waals surface area contributed by atoms with Crippen molar-refractivity contribution in [1.82, 2.24) is 18.8 Å². The van der Waals surface area contributed by atoms with E-state index in [1.165, 1.54) is 16.1 Å². The quantitative estimate of drug-likeness (QED) is 0.796. The first-order valence-electron chi connectivity index (χ1n) is 8.00. The van der Waals surface area contributed by atoms with Crippen LogP contribution >= 0.6 is 0 Å². The van der Waals surface area contributed by atoms with Crippen LogP contribution in [0.3, 0.4) is 0 Å². The minimum Gasteiger partial charge on any atom is -0.348 e. The average molecular weight is 342 g/mol. The van der Waals surface area contributed by atoms with Gasteiger partial charge < -0.3 is 9.47 Å². The molecule has 1 amide bonds. The summed E-state index contributed by atoms with van der Waals surface area (Å²) in [5.74, 6) is 0.579. The summed E-state index contributed by atoms with van der Waals surface area (Å²) in [5.41, 5.74) is 0. The lowest BCUT2D eigenvalue weighted by molar-refractivity contribution is -0.128. The molecule has 0 aromatic carbocycles. The zero-order valence-corrected chi connectivity index (χ0v) is 15.1. The molecule has 0 aliphatic carbocycles. The van der Waals surface area contributed by atoms with Gasteiger partial charge in [-0.15, -0.1) is 0 Å². The second-order valence-corrected chi connectivity index (χ2v) is 8.43. The van der Waals surface area contributed by atoms with Gasteiger partial charge in [0, 0.05) is 52.0 Å². The van der Waals surface area contributed by atoms with Crippen molar-refractivity contribution in [2.24, 2.45) is 0 Å². The van der Waals surface area contributed by atoms with Crippen molar-refractivity contribution in [2.75, 3.05) is 27.2 Å². The summed E-state index contributed by atoms with van der Waals surface area (Å²) in [4.78, 5) is 17.7. The van der Waals surface area contributed by atoms with Crippen LogP contribution in [0.4, 0.5) is 0 Å². The molecule has 1 saturated heterocycles. The van der Waals surface area contributed by atoms with Crippen LogP contribution in [-0.4, -0.2) is 65.5 Å². The Bertz CT molecular complexity index is 653. The summed E-state index contributed by atoms with van der Waals surface area (Å²) in [5, 5.41) is -1.05. The van der Waals surface area contributed by atoms with E-state index in [2.05, 4.69) is 9.55 Å². The van der Waals surface area contributed by atoms with E-state index >= 15 is 0 Å². The van der Waals surface area contributed by atoms with E-state index in [0.29, 0.717) is 13.1 Å². The van der Waals surface area contributed by atoms with Gasteiger partial charge in [0.1, 0.15) is 5.82 Å². The highest BCUT2D eigenvalue weighted by Gasteiger charge is 2.37. The van der Waals surface area contributed by atoms with Crippen molar-refractivity contribution >= 4 is 15.9 Å². The number of hydrogen-bond acceptors (Lipinski definition) is 4. The molecule has 23 heavy (non-hydrogen) atoms. The van der Waals surface area contributed by atoms with Gasteiger partial charge in [-0.2, -0.15) is 4.31 Å². The number of carbonyl (C=O) groups excluding carboxylic acids is 1. The number of amides is 1. The molecule has 1 aliphatic heterocycles. The first-order valence-corrected chi connectivity index (χ1v) is 9.51. The first-order chi connectivity index (χ1) is 10.8. The van der Waals surface area contributed by atoms with Gasteiger partial charge in [0.25, 0.3) is 0 Å². The fourth-order valence-corrected chi connectivity index (χ4v) is 4.72. The van der Waals surface area contributed by atoms with Crippen LogP contribution in [0.2, 0.25) is 0 Å². The van der Waals surface area contributed by atoms with Crippen molar-refractivity contribution in [2.45, 2.75) is 44.4 Å². The molecule has 8 heteroatoms. The molecule has 130 valence electrons. The summed E-state index contributed by atoms with van der Waals surface area (Å²) in [6.07, 6.45) is 6.18. The molecule has 0 bridgehead atoms. The van der Waals surface area contributed by atoms with Crippen LogP contribution in [0, 0.1) is 0 Å². The number of aryl methyl sites for hydroxylation is 1. The number of aromatic nitrogens is 2. The Kier molecular flexibility index (Phi) is 5.46. The van der Waals surface area contributed by atoms with Gasteiger partial charge in [-0.05, 0) is 19.8 Å². The van der Waals surface area contributed by atoms with Crippen LogP contribution in [0.15, 0.2) is 12.4 Å². The largest absolute Gasteiger partial charge is 0.348 e. The van der Waals surface area contributed by atoms with Crippen LogP contribution in [-0.2, 0) is 21.2 Å². The molecule has 2 rings (SSSR count). The number of piperidine rings is 1. The lowest BCUT2D eigenvalue weighted by Gasteiger charge is -2.34. The Balaban J connectivity index is 2.19. The van der Waals surface area contributed by atoms with E-state index in [4.69, 9.17) is 0 Å². The molecule has 1 fully saturated rings. The standard InChI is InChI=1S/C15H26N4O3S/c1-5-14-16-8-10-19(14)13-7-6-9-18(11-13)23(21,22)12(2)15(20)17(3)4/h8,10,12-13H,5-7,9,11H2,1-4H3/t12-,13+/m1/s1. The minimum atomic E-state index is -3.64. The van der Waals surface area contributed by atoms with E-state index < -0.39 is 15.3 Å². The Morgan fingerprint density at radius 3 is 2.78 bits per heavy atom. The molecule has 0 saturated carbocycles. The number of sulfonamides is 1. The van der Waals surface area contributed by atoms with Crippen molar-refractivity contribution in [3.8, 4) is 0 Å². The normalized spacial score (nSPS) is 21.1. The van der Waals surface area contributed by atoms with Gasteiger partial charge in [0.15, 0.2) is 5.25 Å². The number of nitrogens with zero attached hydrogens (tertiary/aromatic N) is 4. The number of hydrogen-bond donors (Lipinski definition) is 0.